The second-order valence-corrected chi connectivity index (χ2v) is 7.50. The van der Waals surface area contributed by atoms with Crippen molar-refractivity contribution in [1.82, 2.24) is 9.56 Å². The van der Waals surface area contributed by atoms with Gasteiger partial charge in [-0.1, -0.05) is 12.1 Å². The van der Waals surface area contributed by atoms with Crippen LogP contribution in [0.3, 0.4) is 0 Å². The van der Waals surface area contributed by atoms with Crippen molar-refractivity contribution >= 4 is 17.2 Å². The number of amides is 1. The van der Waals surface area contributed by atoms with Crippen LogP contribution in [-0.4, -0.2) is 22.1 Å². The summed E-state index contributed by atoms with van der Waals surface area (Å²) in [5, 5.41) is 2.79. The fourth-order valence-electron chi connectivity index (χ4n) is 3.14. The van der Waals surface area contributed by atoms with Gasteiger partial charge in [0.1, 0.15) is 23.9 Å². The Morgan fingerprint density at radius 1 is 1.03 bits per heavy atom. The maximum atomic E-state index is 12.2. The third kappa shape index (κ3) is 4.97. The Bertz CT molecular complexity index is 1320. The molecule has 0 fully saturated rings. The molecule has 0 aliphatic carbocycles. The highest BCUT2D eigenvalue weighted by atomic mass is 16.5. The minimum atomic E-state index is -0.303. The van der Waals surface area contributed by atoms with E-state index >= 15 is 0 Å². The Hall–Kier alpha value is -4.07. The number of nitrogens with one attached hydrogen (secondary N) is 1. The average Bonchev–Trinajstić information content (AvgIpc) is 3.15. The number of carbonyl (C=O) groups excluding carboxylic acids is 1. The molecule has 0 saturated heterocycles. The highest BCUT2D eigenvalue weighted by Crippen LogP contribution is 2.20. The van der Waals surface area contributed by atoms with Crippen molar-refractivity contribution in [2.45, 2.75) is 27.4 Å². The first-order valence-corrected chi connectivity index (χ1v) is 10.1. The van der Waals surface area contributed by atoms with Crippen molar-refractivity contribution in [3.8, 4) is 11.5 Å². The summed E-state index contributed by atoms with van der Waals surface area (Å²) >= 11 is 0. The molecule has 1 amide bonds. The SMILES string of the molecule is Cc1ccc(C)c(OCC(=O)Nc2ccc(OCc3cc(=O)n4oc(C)cc4n3)cc2)c1. The van der Waals surface area contributed by atoms with Crippen LogP contribution in [-0.2, 0) is 11.4 Å². The number of rotatable bonds is 7. The predicted molar refractivity (Wildman–Crippen MR) is 119 cm³/mol. The molecule has 164 valence electrons. The summed E-state index contributed by atoms with van der Waals surface area (Å²) in [7, 11) is 0. The number of aromatic nitrogens is 2. The molecular formula is C24H23N3O5. The van der Waals surface area contributed by atoms with E-state index in [9.17, 15) is 9.59 Å². The van der Waals surface area contributed by atoms with Gasteiger partial charge in [0.25, 0.3) is 11.5 Å². The largest absolute Gasteiger partial charge is 0.487 e. The van der Waals surface area contributed by atoms with Crippen LogP contribution in [0, 0.1) is 20.8 Å². The number of anilines is 1. The third-order valence-corrected chi connectivity index (χ3v) is 4.75. The van der Waals surface area contributed by atoms with Gasteiger partial charge in [-0.3, -0.25) is 9.59 Å². The van der Waals surface area contributed by atoms with E-state index in [-0.39, 0.29) is 24.7 Å². The Kier molecular flexibility index (Phi) is 5.93. The van der Waals surface area contributed by atoms with Gasteiger partial charge in [-0.05, 0) is 62.2 Å². The molecule has 1 N–H and O–H groups in total. The van der Waals surface area contributed by atoms with E-state index in [1.807, 2.05) is 32.0 Å². The molecule has 0 spiro atoms. The fraction of sp³-hybridized carbons (Fsp3) is 0.208. The summed E-state index contributed by atoms with van der Waals surface area (Å²) < 4.78 is 17.8. The van der Waals surface area contributed by atoms with E-state index < -0.39 is 0 Å². The van der Waals surface area contributed by atoms with Crippen LogP contribution in [0.15, 0.2) is 63.9 Å². The molecule has 4 aromatic rings. The molecule has 2 aromatic carbocycles. The van der Waals surface area contributed by atoms with Gasteiger partial charge in [0.2, 0.25) is 0 Å². The van der Waals surface area contributed by atoms with Crippen LogP contribution in [0.2, 0.25) is 0 Å². The van der Waals surface area contributed by atoms with Crippen LogP contribution in [0.5, 0.6) is 11.5 Å². The van der Waals surface area contributed by atoms with Crippen molar-refractivity contribution in [2.75, 3.05) is 11.9 Å². The first-order chi connectivity index (χ1) is 15.4. The lowest BCUT2D eigenvalue weighted by Gasteiger charge is -2.11. The first-order valence-electron chi connectivity index (χ1n) is 10.1. The zero-order valence-electron chi connectivity index (χ0n) is 18.0. The monoisotopic (exact) mass is 433 g/mol. The summed E-state index contributed by atoms with van der Waals surface area (Å²) in [6, 6.07) is 15.9. The minimum absolute atomic E-state index is 0.0836. The van der Waals surface area contributed by atoms with E-state index in [1.54, 1.807) is 37.3 Å². The van der Waals surface area contributed by atoms with Gasteiger partial charge >= 0.3 is 0 Å². The van der Waals surface area contributed by atoms with Crippen LogP contribution < -0.4 is 20.3 Å². The van der Waals surface area contributed by atoms with Crippen molar-refractivity contribution in [1.29, 1.82) is 0 Å². The molecule has 0 bridgehead atoms. The molecule has 0 unspecified atom stereocenters. The Balaban J connectivity index is 1.31. The van der Waals surface area contributed by atoms with Gasteiger partial charge in [-0.25, -0.2) is 4.98 Å². The van der Waals surface area contributed by atoms with Crippen molar-refractivity contribution in [2.24, 2.45) is 0 Å². The van der Waals surface area contributed by atoms with Gasteiger partial charge < -0.3 is 19.3 Å². The molecular weight excluding hydrogens is 410 g/mol. The van der Waals surface area contributed by atoms with Crippen LogP contribution in [0.4, 0.5) is 5.69 Å². The molecule has 0 saturated carbocycles. The molecule has 0 radical (unpaired) electrons. The van der Waals surface area contributed by atoms with Crippen LogP contribution >= 0.6 is 0 Å². The fourth-order valence-corrected chi connectivity index (χ4v) is 3.14. The highest BCUT2D eigenvalue weighted by molar-refractivity contribution is 5.91. The van der Waals surface area contributed by atoms with Gasteiger partial charge in [0, 0.05) is 17.8 Å². The van der Waals surface area contributed by atoms with E-state index in [1.165, 1.54) is 6.07 Å². The quantitative estimate of drug-likeness (QED) is 0.476. The molecule has 32 heavy (non-hydrogen) atoms. The molecule has 8 heteroatoms. The second-order valence-electron chi connectivity index (χ2n) is 7.50. The number of hydrogen-bond donors (Lipinski definition) is 1. The van der Waals surface area contributed by atoms with E-state index in [0.29, 0.717) is 34.3 Å². The predicted octanol–water partition coefficient (Wildman–Crippen LogP) is 3.81. The van der Waals surface area contributed by atoms with E-state index in [2.05, 4.69) is 10.3 Å². The van der Waals surface area contributed by atoms with Crippen molar-refractivity contribution in [3.63, 3.8) is 0 Å². The lowest BCUT2D eigenvalue weighted by Crippen LogP contribution is -2.20. The van der Waals surface area contributed by atoms with Gasteiger partial charge in [-0.2, -0.15) is 0 Å². The first kappa shape index (κ1) is 21.2. The summed E-state index contributed by atoms with van der Waals surface area (Å²) in [5.74, 6) is 1.62. The molecule has 8 nitrogen and oxygen atoms in total. The van der Waals surface area contributed by atoms with Crippen LogP contribution in [0.1, 0.15) is 22.6 Å². The highest BCUT2D eigenvalue weighted by Gasteiger charge is 2.09. The zero-order valence-corrected chi connectivity index (χ0v) is 18.0. The second kappa shape index (κ2) is 8.97. The van der Waals surface area contributed by atoms with Crippen molar-refractivity contribution < 1.29 is 18.8 Å². The number of nitrogens with zero attached hydrogens (tertiary/aromatic N) is 2. The molecule has 2 aromatic heterocycles. The summed E-state index contributed by atoms with van der Waals surface area (Å²) in [5.41, 5.74) is 3.30. The number of aryl methyl sites for hydroxylation is 3. The Morgan fingerprint density at radius 3 is 2.59 bits per heavy atom. The lowest BCUT2D eigenvalue weighted by atomic mass is 10.1. The zero-order chi connectivity index (χ0) is 22.7. The number of carbonyl (C=O) groups is 1. The Labute approximate surface area is 184 Å². The molecule has 0 aliphatic heterocycles. The molecule has 4 rings (SSSR count). The Morgan fingerprint density at radius 2 is 1.81 bits per heavy atom. The molecule has 0 aliphatic rings. The van der Waals surface area contributed by atoms with Gasteiger partial charge in [-0.15, -0.1) is 4.57 Å². The third-order valence-electron chi connectivity index (χ3n) is 4.75. The van der Waals surface area contributed by atoms with E-state index in [4.69, 9.17) is 14.0 Å². The normalized spacial score (nSPS) is 10.8. The van der Waals surface area contributed by atoms with E-state index in [0.717, 1.165) is 15.7 Å². The summed E-state index contributed by atoms with van der Waals surface area (Å²) in [6.07, 6.45) is 0. The standard InChI is InChI=1S/C24H23N3O5/c1-15-4-5-16(2)21(10-15)31-14-23(28)26-18-6-8-20(9-7-18)30-13-19-12-24(29)27-22(25-19)11-17(3)32-27/h4-12H,13-14H2,1-3H3,(H,26,28). The minimum Gasteiger partial charge on any atom is -0.487 e. The average molecular weight is 433 g/mol. The number of hydrogen-bond acceptors (Lipinski definition) is 6. The summed E-state index contributed by atoms with van der Waals surface area (Å²) in [4.78, 5) is 28.6. The topological polar surface area (TPSA) is 95.1 Å². The maximum absolute atomic E-state index is 12.2. The van der Waals surface area contributed by atoms with Gasteiger partial charge in [0.15, 0.2) is 12.3 Å². The van der Waals surface area contributed by atoms with Crippen molar-refractivity contribution in [3.05, 3.63) is 87.5 Å². The lowest BCUT2D eigenvalue weighted by molar-refractivity contribution is -0.118. The number of ether oxygens (including phenoxy) is 2. The maximum Gasteiger partial charge on any atom is 0.287 e. The van der Waals surface area contributed by atoms with Crippen LogP contribution in [0.25, 0.3) is 5.65 Å². The molecule has 0 atom stereocenters. The number of fused-ring (bicyclic) bond motifs is 1. The van der Waals surface area contributed by atoms with Gasteiger partial charge in [0.05, 0.1) is 5.69 Å². The smallest absolute Gasteiger partial charge is 0.287 e. The molecule has 2 heterocycles. The summed E-state index contributed by atoms with van der Waals surface area (Å²) in [6.45, 7) is 5.71. The number of benzene rings is 2.